The molecule has 0 radical (unpaired) electrons. The fourth-order valence-electron chi connectivity index (χ4n) is 5.47. The van der Waals surface area contributed by atoms with Crippen LogP contribution in [0.15, 0.2) is 115 Å². The van der Waals surface area contributed by atoms with Crippen LogP contribution >= 0.6 is 0 Å². The molecule has 4 heteroatoms. The smallest absolute Gasteiger partial charge is 0.197 e. The predicted molar refractivity (Wildman–Crippen MR) is 148 cm³/mol. The Morgan fingerprint density at radius 1 is 0.568 bits per heavy atom. The average molecular weight is 485 g/mol. The van der Waals surface area contributed by atoms with Crippen molar-refractivity contribution in [2.24, 2.45) is 0 Å². The van der Waals surface area contributed by atoms with Gasteiger partial charge in [0.15, 0.2) is 11.6 Å². The van der Waals surface area contributed by atoms with Gasteiger partial charge in [0.1, 0.15) is 0 Å². The third-order valence-corrected chi connectivity index (χ3v) is 7.38. The number of carbonyl (C=O) groups excluding carboxylic acids is 2. The minimum absolute atomic E-state index is 0.188. The minimum atomic E-state index is -0.188. The molecule has 4 aromatic carbocycles. The van der Waals surface area contributed by atoms with Crippen molar-refractivity contribution in [3.05, 3.63) is 143 Å². The summed E-state index contributed by atoms with van der Waals surface area (Å²) >= 11 is 0. The lowest BCUT2D eigenvalue weighted by molar-refractivity contribution is 0.0990. The van der Waals surface area contributed by atoms with Gasteiger partial charge in [0, 0.05) is 43.0 Å². The molecule has 0 spiro atoms. The van der Waals surface area contributed by atoms with E-state index in [-0.39, 0.29) is 23.2 Å². The van der Waals surface area contributed by atoms with Crippen LogP contribution in [0.4, 0.5) is 5.69 Å². The topological polar surface area (TPSA) is 40.6 Å². The zero-order chi connectivity index (χ0) is 25.2. The van der Waals surface area contributed by atoms with Gasteiger partial charge in [-0.2, -0.15) is 0 Å². The molecule has 0 saturated carbocycles. The molecule has 4 nitrogen and oxygen atoms in total. The number of ketones is 2. The number of anilines is 1. The first kappa shape index (κ1) is 23.1. The summed E-state index contributed by atoms with van der Waals surface area (Å²) in [5.74, 6) is -0.376. The largest absolute Gasteiger partial charge is 0.369 e. The van der Waals surface area contributed by atoms with E-state index >= 15 is 0 Å². The van der Waals surface area contributed by atoms with E-state index in [9.17, 15) is 9.59 Å². The van der Waals surface area contributed by atoms with Gasteiger partial charge in [-0.15, -0.1) is 0 Å². The number of hydrogen-bond donors (Lipinski definition) is 0. The van der Waals surface area contributed by atoms with Crippen LogP contribution in [0.5, 0.6) is 0 Å². The number of Topliss-reactive ketones (excluding diaryl/α,β-unsaturated/α-hetero) is 2. The second-order valence-corrected chi connectivity index (χ2v) is 9.60. The molecular weight excluding hydrogens is 456 g/mol. The average Bonchev–Trinajstić information content (AvgIpc) is 3.20. The normalized spacial score (nSPS) is 15.8. The van der Waals surface area contributed by atoms with E-state index in [1.165, 1.54) is 11.1 Å². The molecular formula is C33H28N2O2. The first-order chi connectivity index (χ1) is 18.2. The molecule has 1 aliphatic heterocycles. The fourth-order valence-corrected chi connectivity index (χ4v) is 5.47. The van der Waals surface area contributed by atoms with Crippen LogP contribution < -0.4 is 4.90 Å². The third-order valence-electron chi connectivity index (χ3n) is 7.38. The Morgan fingerprint density at radius 2 is 1.05 bits per heavy atom. The van der Waals surface area contributed by atoms with Crippen LogP contribution in [0.25, 0.3) is 6.08 Å². The Balaban J connectivity index is 1.16. The maximum Gasteiger partial charge on any atom is 0.197 e. The molecule has 0 N–H and O–H groups in total. The highest BCUT2D eigenvalue weighted by Crippen LogP contribution is 2.31. The van der Waals surface area contributed by atoms with Gasteiger partial charge in [-0.3, -0.25) is 14.5 Å². The molecule has 6 rings (SSSR count). The van der Waals surface area contributed by atoms with E-state index in [1.54, 1.807) is 30.3 Å². The number of benzene rings is 4. The Bertz CT molecular complexity index is 1370. The van der Waals surface area contributed by atoms with Crippen molar-refractivity contribution in [1.29, 1.82) is 0 Å². The second kappa shape index (κ2) is 10.00. The molecule has 1 fully saturated rings. The summed E-state index contributed by atoms with van der Waals surface area (Å²) in [4.78, 5) is 30.4. The molecule has 0 atom stereocenters. The van der Waals surface area contributed by atoms with Crippen molar-refractivity contribution in [3.63, 3.8) is 0 Å². The van der Waals surface area contributed by atoms with Crippen molar-refractivity contribution >= 4 is 23.3 Å². The molecule has 182 valence electrons. The lowest BCUT2D eigenvalue weighted by Crippen LogP contribution is -2.48. The highest BCUT2D eigenvalue weighted by atomic mass is 16.2. The molecule has 1 heterocycles. The van der Waals surface area contributed by atoms with Gasteiger partial charge in [0.25, 0.3) is 0 Å². The maximum absolute atomic E-state index is 12.7. The lowest BCUT2D eigenvalue weighted by atomic mass is 9.96. The molecule has 37 heavy (non-hydrogen) atoms. The highest BCUT2D eigenvalue weighted by molar-refractivity contribution is 6.41. The monoisotopic (exact) mass is 484 g/mol. The van der Waals surface area contributed by atoms with Crippen molar-refractivity contribution in [1.82, 2.24) is 4.90 Å². The van der Waals surface area contributed by atoms with Crippen LogP contribution in [0.3, 0.4) is 0 Å². The Hall–Kier alpha value is -4.28. The van der Waals surface area contributed by atoms with E-state index in [0.717, 1.165) is 37.4 Å². The number of carbonyl (C=O) groups is 2. The standard InChI is InChI=1S/C33H28N2O2/c36-32-28-13-7-8-14-29(28)33(37)30(32)23-24-15-17-27(18-16-24)34-19-21-35(22-20-34)31(25-9-3-1-4-10-25)26-11-5-2-6-12-26/h1-18,23,31H,19-22H2. The number of piperazine rings is 1. The van der Waals surface area contributed by atoms with Gasteiger partial charge in [-0.25, -0.2) is 0 Å². The quantitative estimate of drug-likeness (QED) is 0.255. The summed E-state index contributed by atoms with van der Waals surface area (Å²) in [7, 11) is 0. The van der Waals surface area contributed by atoms with Crippen LogP contribution in [0, 0.1) is 0 Å². The summed E-state index contributed by atoms with van der Waals surface area (Å²) in [5, 5.41) is 0. The second-order valence-electron chi connectivity index (χ2n) is 9.60. The van der Waals surface area contributed by atoms with Crippen LogP contribution in [0.2, 0.25) is 0 Å². The lowest BCUT2D eigenvalue weighted by Gasteiger charge is -2.40. The summed E-state index contributed by atoms with van der Waals surface area (Å²) in [6.45, 7) is 3.79. The van der Waals surface area contributed by atoms with Crippen molar-refractivity contribution < 1.29 is 9.59 Å². The van der Waals surface area contributed by atoms with E-state index in [2.05, 4.69) is 82.6 Å². The maximum atomic E-state index is 12.7. The summed E-state index contributed by atoms with van der Waals surface area (Å²) in [6.07, 6.45) is 1.72. The number of rotatable bonds is 5. The van der Waals surface area contributed by atoms with Gasteiger partial charge < -0.3 is 4.90 Å². The molecule has 0 unspecified atom stereocenters. The van der Waals surface area contributed by atoms with Gasteiger partial charge in [-0.05, 0) is 34.9 Å². The third kappa shape index (κ3) is 4.52. The van der Waals surface area contributed by atoms with E-state index in [4.69, 9.17) is 0 Å². The van der Waals surface area contributed by atoms with Crippen LogP contribution in [-0.4, -0.2) is 42.6 Å². The number of fused-ring (bicyclic) bond motifs is 1. The van der Waals surface area contributed by atoms with Gasteiger partial charge in [-0.1, -0.05) is 97.1 Å². The number of allylic oxidation sites excluding steroid dienone is 1. The summed E-state index contributed by atoms with van der Waals surface area (Å²) in [6, 6.07) is 36.9. The van der Waals surface area contributed by atoms with E-state index in [0.29, 0.717) is 11.1 Å². The SMILES string of the molecule is O=C1C(=Cc2ccc(N3CCN(C(c4ccccc4)c4ccccc4)CC3)cc2)C(=O)c2ccccc21. The predicted octanol–water partition coefficient (Wildman–Crippen LogP) is 6.06. The Morgan fingerprint density at radius 3 is 1.57 bits per heavy atom. The van der Waals surface area contributed by atoms with Gasteiger partial charge in [0.05, 0.1) is 11.6 Å². The van der Waals surface area contributed by atoms with Crippen molar-refractivity contribution in [3.8, 4) is 0 Å². The number of nitrogens with zero attached hydrogens (tertiary/aromatic N) is 2. The molecule has 4 aromatic rings. The number of hydrogen-bond acceptors (Lipinski definition) is 4. The zero-order valence-electron chi connectivity index (χ0n) is 20.6. The molecule has 1 aliphatic carbocycles. The van der Waals surface area contributed by atoms with Crippen LogP contribution in [0.1, 0.15) is 43.4 Å². The van der Waals surface area contributed by atoms with Crippen LogP contribution in [-0.2, 0) is 0 Å². The Labute approximate surface area is 217 Å². The van der Waals surface area contributed by atoms with Gasteiger partial charge in [0.2, 0.25) is 0 Å². The van der Waals surface area contributed by atoms with Crippen molar-refractivity contribution in [2.45, 2.75) is 6.04 Å². The molecule has 0 amide bonds. The molecule has 2 aliphatic rings. The van der Waals surface area contributed by atoms with E-state index in [1.807, 2.05) is 12.1 Å². The zero-order valence-corrected chi connectivity index (χ0v) is 20.6. The summed E-state index contributed by atoms with van der Waals surface area (Å²) in [5.41, 5.74) is 5.89. The highest BCUT2D eigenvalue weighted by Gasteiger charge is 2.32. The van der Waals surface area contributed by atoms with Gasteiger partial charge >= 0.3 is 0 Å². The van der Waals surface area contributed by atoms with E-state index < -0.39 is 0 Å². The molecule has 0 bridgehead atoms. The molecule has 0 aromatic heterocycles. The minimum Gasteiger partial charge on any atom is -0.369 e. The van der Waals surface area contributed by atoms with Crippen molar-refractivity contribution in [2.75, 3.05) is 31.1 Å². The first-order valence-corrected chi connectivity index (χ1v) is 12.8. The Kier molecular flexibility index (Phi) is 6.25. The first-order valence-electron chi connectivity index (χ1n) is 12.8. The molecule has 1 saturated heterocycles. The summed E-state index contributed by atoms with van der Waals surface area (Å²) < 4.78 is 0. The fraction of sp³-hybridized carbons (Fsp3) is 0.152.